The zero-order valence-corrected chi connectivity index (χ0v) is 12.2. The highest BCUT2D eigenvalue weighted by Gasteiger charge is 2.50. The molecule has 0 radical (unpaired) electrons. The first kappa shape index (κ1) is 12.2. The molecule has 0 aromatic heterocycles. The summed E-state index contributed by atoms with van der Waals surface area (Å²) >= 11 is 0. The number of amides is 1. The molecule has 0 heterocycles. The first-order valence-electron chi connectivity index (χ1n) is 8.41. The zero-order valence-electron chi connectivity index (χ0n) is 12.2. The summed E-state index contributed by atoms with van der Waals surface area (Å²) in [5, 5.41) is 3.21. The van der Waals surface area contributed by atoms with Gasteiger partial charge in [-0.25, -0.2) is 0 Å². The summed E-state index contributed by atoms with van der Waals surface area (Å²) in [5.41, 5.74) is 0.622. The summed E-state index contributed by atoms with van der Waals surface area (Å²) < 4.78 is 0. The lowest BCUT2D eigenvalue weighted by molar-refractivity contribution is -0.123. The van der Waals surface area contributed by atoms with Crippen molar-refractivity contribution in [1.29, 1.82) is 0 Å². The lowest BCUT2D eigenvalue weighted by Gasteiger charge is -2.57. The van der Waals surface area contributed by atoms with Gasteiger partial charge in [-0.05, 0) is 80.5 Å². The quantitative estimate of drug-likeness (QED) is 0.826. The monoisotopic (exact) mass is 261 g/mol. The lowest BCUT2D eigenvalue weighted by Crippen LogP contribution is -2.47. The first-order chi connectivity index (χ1) is 9.13. The molecule has 0 spiro atoms. The maximum absolute atomic E-state index is 11.9. The van der Waals surface area contributed by atoms with Gasteiger partial charge in [-0.2, -0.15) is 0 Å². The van der Waals surface area contributed by atoms with Crippen molar-refractivity contribution in [1.82, 2.24) is 5.32 Å². The molecule has 0 aliphatic heterocycles. The second-order valence-electron chi connectivity index (χ2n) is 8.28. The zero-order chi connectivity index (χ0) is 13.0. The van der Waals surface area contributed by atoms with Crippen LogP contribution in [-0.4, -0.2) is 12.5 Å². The standard InChI is InChI=1S/C17H27NO/c1-11-4-15(11)16(19)18-3-2-17-8-12-5-13(9-17)7-14(6-12)10-17/h11-15H,2-10H2,1H3,(H,18,19)/t11-,12?,13?,14?,15-,17?/m0/s1. The average Bonchev–Trinajstić information content (AvgIpc) is 3.04. The summed E-state index contributed by atoms with van der Waals surface area (Å²) in [6.45, 7) is 3.12. The van der Waals surface area contributed by atoms with E-state index in [0.29, 0.717) is 23.2 Å². The number of hydrogen-bond acceptors (Lipinski definition) is 1. The summed E-state index contributed by atoms with van der Waals surface area (Å²) in [6.07, 6.45) is 11.3. The van der Waals surface area contributed by atoms with Gasteiger partial charge in [-0.1, -0.05) is 6.92 Å². The van der Waals surface area contributed by atoms with Gasteiger partial charge in [0.25, 0.3) is 0 Å². The van der Waals surface area contributed by atoms with Crippen molar-refractivity contribution in [3.05, 3.63) is 0 Å². The van der Waals surface area contributed by atoms with Crippen LogP contribution in [0.3, 0.4) is 0 Å². The highest BCUT2D eigenvalue weighted by Crippen LogP contribution is 2.61. The molecule has 4 bridgehead atoms. The number of rotatable bonds is 4. The van der Waals surface area contributed by atoms with E-state index in [4.69, 9.17) is 0 Å². The fourth-order valence-electron chi connectivity index (χ4n) is 5.87. The Labute approximate surface area is 116 Å². The van der Waals surface area contributed by atoms with Gasteiger partial charge in [0.2, 0.25) is 5.91 Å². The van der Waals surface area contributed by atoms with Crippen LogP contribution in [-0.2, 0) is 4.79 Å². The minimum atomic E-state index is 0.331. The lowest BCUT2D eigenvalue weighted by atomic mass is 9.49. The second-order valence-corrected chi connectivity index (χ2v) is 8.28. The van der Waals surface area contributed by atoms with Crippen LogP contribution in [0.1, 0.15) is 58.3 Å². The van der Waals surface area contributed by atoms with Crippen molar-refractivity contribution in [2.45, 2.75) is 58.3 Å². The van der Waals surface area contributed by atoms with Gasteiger partial charge in [0, 0.05) is 12.5 Å². The van der Waals surface area contributed by atoms with Gasteiger partial charge < -0.3 is 5.32 Å². The van der Waals surface area contributed by atoms with Gasteiger partial charge in [-0.15, -0.1) is 0 Å². The molecule has 5 aliphatic rings. The minimum Gasteiger partial charge on any atom is -0.356 e. The Morgan fingerprint density at radius 2 is 1.58 bits per heavy atom. The maximum atomic E-state index is 11.9. The van der Waals surface area contributed by atoms with Gasteiger partial charge in [0.05, 0.1) is 0 Å². The molecule has 5 fully saturated rings. The number of hydrogen-bond donors (Lipinski definition) is 1. The molecule has 1 N–H and O–H groups in total. The van der Waals surface area contributed by atoms with Crippen molar-refractivity contribution < 1.29 is 4.79 Å². The van der Waals surface area contributed by atoms with Gasteiger partial charge in [0.15, 0.2) is 0 Å². The molecule has 5 rings (SSSR count). The number of carbonyl (C=O) groups is 1. The fraction of sp³-hybridized carbons (Fsp3) is 0.941. The highest BCUT2D eigenvalue weighted by molar-refractivity contribution is 5.81. The van der Waals surface area contributed by atoms with E-state index in [1.807, 2.05) is 0 Å². The van der Waals surface area contributed by atoms with E-state index in [9.17, 15) is 4.79 Å². The molecule has 5 aliphatic carbocycles. The van der Waals surface area contributed by atoms with E-state index in [1.165, 1.54) is 44.9 Å². The van der Waals surface area contributed by atoms with Crippen molar-refractivity contribution in [3.8, 4) is 0 Å². The Kier molecular flexibility index (Phi) is 2.72. The van der Waals surface area contributed by atoms with E-state index in [2.05, 4.69) is 12.2 Å². The van der Waals surface area contributed by atoms with Crippen molar-refractivity contribution in [2.75, 3.05) is 6.54 Å². The van der Waals surface area contributed by atoms with Crippen LogP contribution in [0.4, 0.5) is 0 Å². The smallest absolute Gasteiger partial charge is 0.223 e. The summed E-state index contributed by atoms with van der Waals surface area (Å²) in [4.78, 5) is 11.9. The molecule has 0 aromatic rings. The van der Waals surface area contributed by atoms with E-state index in [1.54, 1.807) is 0 Å². The van der Waals surface area contributed by atoms with E-state index >= 15 is 0 Å². The normalized spacial score (nSPS) is 50.3. The molecule has 1 amide bonds. The molecule has 2 atom stereocenters. The molecule has 5 saturated carbocycles. The molecular weight excluding hydrogens is 234 g/mol. The molecule has 2 nitrogen and oxygen atoms in total. The Balaban J connectivity index is 1.31. The third kappa shape index (κ3) is 2.21. The van der Waals surface area contributed by atoms with Crippen molar-refractivity contribution >= 4 is 5.91 Å². The van der Waals surface area contributed by atoms with Crippen LogP contribution in [0.5, 0.6) is 0 Å². The van der Waals surface area contributed by atoms with E-state index < -0.39 is 0 Å². The molecule has 19 heavy (non-hydrogen) atoms. The van der Waals surface area contributed by atoms with Crippen LogP contribution >= 0.6 is 0 Å². The SMILES string of the molecule is C[C@H]1C[C@@H]1C(=O)NCCC12CC3CC(CC(C3)C1)C2. The Morgan fingerprint density at radius 1 is 1.05 bits per heavy atom. The van der Waals surface area contributed by atoms with Crippen LogP contribution in [0, 0.1) is 35.0 Å². The largest absolute Gasteiger partial charge is 0.356 e. The van der Waals surface area contributed by atoms with Crippen LogP contribution in [0.15, 0.2) is 0 Å². The number of nitrogens with one attached hydrogen (secondary N) is 1. The highest BCUT2D eigenvalue weighted by atomic mass is 16.2. The predicted molar refractivity (Wildman–Crippen MR) is 75.5 cm³/mol. The van der Waals surface area contributed by atoms with E-state index in [-0.39, 0.29) is 0 Å². The maximum Gasteiger partial charge on any atom is 0.223 e. The second kappa shape index (κ2) is 4.23. The summed E-state index contributed by atoms with van der Waals surface area (Å²) in [7, 11) is 0. The topological polar surface area (TPSA) is 29.1 Å². The number of carbonyl (C=O) groups excluding carboxylic acids is 1. The van der Waals surface area contributed by atoms with Gasteiger partial charge in [-0.3, -0.25) is 4.79 Å². The molecule has 0 aromatic carbocycles. The molecule has 2 heteroatoms. The molecule has 0 unspecified atom stereocenters. The third-order valence-electron chi connectivity index (χ3n) is 6.57. The summed E-state index contributed by atoms with van der Waals surface area (Å²) in [6, 6.07) is 0. The van der Waals surface area contributed by atoms with Crippen molar-refractivity contribution in [3.63, 3.8) is 0 Å². The van der Waals surface area contributed by atoms with Crippen LogP contribution in [0.2, 0.25) is 0 Å². The third-order valence-corrected chi connectivity index (χ3v) is 6.57. The molecule has 106 valence electrons. The Bertz CT molecular complexity index is 353. The first-order valence-corrected chi connectivity index (χ1v) is 8.41. The Hall–Kier alpha value is -0.530. The van der Waals surface area contributed by atoms with Gasteiger partial charge in [0.1, 0.15) is 0 Å². The van der Waals surface area contributed by atoms with Crippen molar-refractivity contribution in [2.24, 2.45) is 35.0 Å². The predicted octanol–water partition coefficient (Wildman–Crippen LogP) is 3.37. The van der Waals surface area contributed by atoms with Crippen LogP contribution < -0.4 is 5.32 Å². The minimum absolute atomic E-state index is 0.331. The molecule has 0 saturated heterocycles. The van der Waals surface area contributed by atoms with E-state index in [0.717, 1.165) is 30.7 Å². The molecular formula is C17H27NO. The summed E-state index contributed by atoms with van der Waals surface area (Å²) in [5.74, 6) is 4.41. The fourth-order valence-corrected chi connectivity index (χ4v) is 5.87. The van der Waals surface area contributed by atoms with Crippen LogP contribution in [0.25, 0.3) is 0 Å². The average molecular weight is 261 g/mol. The van der Waals surface area contributed by atoms with Gasteiger partial charge >= 0.3 is 0 Å². The Morgan fingerprint density at radius 3 is 2.05 bits per heavy atom.